The first-order valence-electron chi connectivity index (χ1n) is 6.47. The van der Waals surface area contributed by atoms with Gasteiger partial charge in [-0.2, -0.15) is 0 Å². The molecule has 110 valence electrons. The minimum atomic E-state index is -0.509. The Morgan fingerprint density at radius 1 is 1.38 bits per heavy atom. The molecule has 0 aliphatic heterocycles. The molecule has 0 saturated heterocycles. The molecule has 0 unspecified atom stereocenters. The molecule has 1 aromatic heterocycles. The van der Waals surface area contributed by atoms with E-state index in [2.05, 4.69) is 9.97 Å². The highest BCUT2D eigenvalue weighted by atomic mass is 35.5. The Bertz CT molecular complexity index is 649. The molecule has 0 radical (unpaired) electrons. The summed E-state index contributed by atoms with van der Waals surface area (Å²) >= 11 is 5.81. The molecule has 0 amide bonds. The fourth-order valence-corrected chi connectivity index (χ4v) is 2.04. The number of nitrogens with zero attached hydrogens (tertiary/aromatic N) is 2. The minimum absolute atomic E-state index is 0.0565. The van der Waals surface area contributed by atoms with E-state index in [4.69, 9.17) is 16.3 Å². The molecule has 6 heteroatoms. The Kier molecular flexibility index (Phi) is 5.22. The van der Waals surface area contributed by atoms with Crippen LogP contribution in [0.1, 0.15) is 34.4 Å². The summed E-state index contributed by atoms with van der Waals surface area (Å²) in [4.78, 5) is 20.0. The van der Waals surface area contributed by atoms with Crippen LogP contribution in [-0.4, -0.2) is 22.5 Å². The smallest absolute Gasteiger partial charge is 0.341 e. The topological polar surface area (TPSA) is 52.1 Å². The van der Waals surface area contributed by atoms with E-state index in [0.29, 0.717) is 17.1 Å². The van der Waals surface area contributed by atoms with Crippen LogP contribution < -0.4 is 0 Å². The summed E-state index contributed by atoms with van der Waals surface area (Å²) in [6, 6.07) is 6.41. The van der Waals surface area contributed by atoms with Gasteiger partial charge in [-0.25, -0.2) is 19.2 Å². The molecule has 0 bridgehead atoms. The third-order valence-corrected chi connectivity index (χ3v) is 3.10. The lowest BCUT2D eigenvalue weighted by Gasteiger charge is -2.08. The van der Waals surface area contributed by atoms with Crippen molar-refractivity contribution in [2.45, 2.75) is 19.2 Å². The van der Waals surface area contributed by atoms with Gasteiger partial charge in [-0.15, -0.1) is 11.6 Å². The molecule has 0 spiro atoms. The second-order valence-corrected chi connectivity index (χ2v) is 4.54. The number of esters is 1. The largest absolute Gasteiger partial charge is 0.462 e. The van der Waals surface area contributed by atoms with Crippen molar-refractivity contribution in [3.05, 3.63) is 58.9 Å². The van der Waals surface area contributed by atoms with E-state index in [1.165, 1.54) is 12.3 Å². The molecule has 1 heterocycles. The van der Waals surface area contributed by atoms with Crippen LogP contribution in [0.15, 0.2) is 30.5 Å². The maximum absolute atomic E-state index is 13.6. The van der Waals surface area contributed by atoms with Crippen LogP contribution in [0.25, 0.3) is 0 Å². The summed E-state index contributed by atoms with van der Waals surface area (Å²) in [5.74, 6) is -0.363. The molecule has 2 aromatic rings. The fourth-order valence-electron chi connectivity index (χ4n) is 1.84. The van der Waals surface area contributed by atoms with Gasteiger partial charge in [0.25, 0.3) is 0 Å². The first-order valence-corrected chi connectivity index (χ1v) is 7.00. The Hall–Kier alpha value is -2.01. The van der Waals surface area contributed by atoms with Crippen LogP contribution in [0, 0.1) is 5.82 Å². The molecule has 4 nitrogen and oxygen atoms in total. The van der Waals surface area contributed by atoms with Crippen LogP contribution in [0.4, 0.5) is 4.39 Å². The molecule has 21 heavy (non-hydrogen) atoms. The monoisotopic (exact) mass is 308 g/mol. The third-order valence-electron chi connectivity index (χ3n) is 2.85. The van der Waals surface area contributed by atoms with Gasteiger partial charge < -0.3 is 4.74 Å². The molecular formula is C15H14ClFN2O2. The van der Waals surface area contributed by atoms with Crippen LogP contribution in [0.2, 0.25) is 0 Å². The zero-order chi connectivity index (χ0) is 15.2. The maximum Gasteiger partial charge on any atom is 0.341 e. The summed E-state index contributed by atoms with van der Waals surface area (Å²) in [7, 11) is 0. The van der Waals surface area contributed by atoms with Crippen molar-refractivity contribution < 1.29 is 13.9 Å². The van der Waals surface area contributed by atoms with Crippen molar-refractivity contribution in [2.24, 2.45) is 0 Å². The first kappa shape index (κ1) is 15.4. The zero-order valence-corrected chi connectivity index (χ0v) is 12.2. The number of alkyl halides is 1. The van der Waals surface area contributed by atoms with Crippen LogP contribution in [-0.2, 0) is 17.0 Å². The van der Waals surface area contributed by atoms with Gasteiger partial charge in [0.15, 0.2) is 0 Å². The average molecular weight is 309 g/mol. The molecule has 0 N–H and O–H groups in total. The molecular weight excluding hydrogens is 295 g/mol. The highest BCUT2D eigenvalue weighted by molar-refractivity contribution is 6.17. The minimum Gasteiger partial charge on any atom is -0.462 e. The number of hydrogen-bond donors (Lipinski definition) is 0. The third kappa shape index (κ3) is 3.76. The zero-order valence-electron chi connectivity index (χ0n) is 11.5. The van der Waals surface area contributed by atoms with E-state index < -0.39 is 5.97 Å². The predicted molar refractivity (Wildman–Crippen MR) is 76.8 cm³/mol. The van der Waals surface area contributed by atoms with Gasteiger partial charge in [-0.05, 0) is 18.6 Å². The molecule has 2 rings (SSSR count). The van der Waals surface area contributed by atoms with Crippen molar-refractivity contribution in [3.63, 3.8) is 0 Å². The second kappa shape index (κ2) is 7.13. The number of ether oxygens (including phenoxy) is 1. The van der Waals surface area contributed by atoms with Crippen molar-refractivity contribution in [3.8, 4) is 0 Å². The number of rotatable bonds is 5. The second-order valence-electron chi connectivity index (χ2n) is 4.27. The van der Waals surface area contributed by atoms with E-state index in [-0.39, 0.29) is 30.3 Å². The van der Waals surface area contributed by atoms with Crippen molar-refractivity contribution in [2.75, 3.05) is 6.61 Å². The van der Waals surface area contributed by atoms with Gasteiger partial charge in [0.05, 0.1) is 18.2 Å². The number of hydrogen-bond acceptors (Lipinski definition) is 4. The molecule has 0 fully saturated rings. The van der Waals surface area contributed by atoms with Gasteiger partial charge in [0, 0.05) is 12.6 Å². The van der Waals surface area contributed by atoms with E-state index >= 15 is 0 Å². The quantitative estimate of drug-likeness (QED) is 0.629. The highest BCUT2D eigenvalue weighted by Crippen LogP contribution is 2.14. The maximum atomic E-state index is 13.6. The summed E-state index contributed by atoms with van der Waals surface area (Å²) in [6.45, 7) is 1.98. The van der Waals surface area contributed by atoms with Crippen molar-refractivity contribution >= 4 is 17.6 Å². The number of halogens is 2. The van der Waals surface area contributed by atoms with Crippen molar-refractivity contribution in [1.82, 2.24) is 9.97 Å². The van der Waals surface area contributed by atoms with E-state index in [1.807, 2.05) is 0 Å². The average Bonchev–Trinajstić information content (AvgIpc) is 2.49. The summed E-state index contributed by atoms with van der Waals surface area (Å²) in [5, 5.41) is 0. The number of carbonyl (C=O) groups is 1. The first-order chi connectivity index (χ1) is 10.2. The lowest BCUT2D eigenvalue weighted by molar-refractivity contribution is 0.0524. The molecule has 0 aliphatic carbocycles. The van der Waals surface area contributed by atoms with Crippen LogP contribution >= 0.6 is 11.6 Å². The molecule has 0 saturated carbocycles. The normalized spacial score (nSPS) is 10.4. The Morgan fingerprint density at radius 3 is 2.81 bits per heavy atom. The highest BCUT2D eigenvalue weighted by Gasteiger charge is 2.15. The summed E-state index contributed by atoms with van der Waals surface area (Å²) in [5.41, 5.74) is 1.11. The van der Waals surface area contributed by atoms with Gasteiger partial charge >= 0.3 is 5.97 Å². The van der Waals surface area contributed by atoms with Crippen molar-refractivity contribution in [1.29, 1.82) is 0 Å². The molecule has 0 atom stereocenters. The summed E-state index contributed by atoms with van der Waals surface area (Å²) in [6.07, 6.45) is 1.61. The SMILES string of the molecule is CCOC(=O)c1cnc(Cc2ccccc2F)nc1CCl. The lowest BCUT2D eigenvalue weighted by atomic mass is 10.1. The standard InChI is InChI=1S/C15H14ClFN2O2/c1-2-21-15(20)11-9-18-14(19-13(11)8-16)7-10-5-3-4-6-12(10)17/h3-6,9H,2,7-8H2,1H3. The van der Waals surface area contributed by atoms with Crippen LogP contribution in [0.3, 0.4) is 0 Å². The Balaban J connectivity index is 2.27. The number of aromatic nitrogens is 2. The molecule has 1 aromatic carbocycles. The number of benzene rings is 1. The van der Waals surface area contributed by atoms with E-state index in [0.717, 1.165) is 0 Å². The Labute approximate surface area is 126 Å². The number of carbonyl (C=O) groups excluding carboxylic acids is 1. The van der Waals surface area contributed by atoms with Crippen LogP contribution in [0.5, 0.6) is 0 Å². The fraction of sp³-hybridized carbons (Fsp3) is 0.267. The van der Waals surface area contributed by atoms with Gasteiger partial charge in [-0.3, -0.25) is 0 Å². The van der Waals surface area contributed by atoms with Gasteiger partial charge in [0.2, 0.25) is 0 Å². The van der Waals surface area contributed by atoms with Gasteiger partial charge in [0.1, 0.15) is 17.2 Å². The Morgan fingerprint density at radius 2 is 2.14 bits per heavy atom. The van der Waals surface area contributed by atoms with E-state index in [1.54, 1.807) is 25.1 Å². The van der Waals surface area contributed by atoms with Gasteiger partial charge in [-0.1, -0.05) is 18.2 Å². The summed E-state index contributed by atoms with van der Waals surface area (Å²) < 4.78 is 18.5. The predicted octanol–water partition coefficient (Wildman–Crippen LogP) is 3.12. The van der Waals surface area contributed by atoms with E-state index in [9.17, 15) is 9.18 Å². The lowest BCUT2D eigenvalue weighted by Crippen LogP contribution is -2.12. The molecule has 0 aliphatic rings.